The molecule has 2 nitrogen and oxygen atoms in total. The Morgan fingerprint density at radius 3 is 2.15 bits per heavy atom. The summed E-state index contributed by atoms with van der Waals surface area (Å²) in [6.45, 7) is 6.67. The first kappa shape index (κ1) is 12.8. The number of amides is 1. The molecule has 0 aliphatic rings. The molecule has 0 fully saturated rings. The van der Waals surface area contributed by atoms with Crippen LogP contribution < -0.4 is 5.32 Å². The molecule has 0 spiro atoms. The van der Waals surface area contributed by atoms with Crippen LogP contribution in [0, 0.1) is 5.92 Å². The fraction of sp³-hybridized carbons (Fsp3) is 0.900. The lowest BCUT2D eigenvalue weighted by atomic mass is 10.0. The van der Waals surface area contributed by atoms with E-state index in [2.05, 4.69) is 5.32 Å². The second-order valence-corrected chi connectivity index (χ2v) is 3.88. The largest absolute Gasteiger partial charge is 0.354 e. The number of hydrogen-bond acceptors (Lipinski definition) is 1. The van der Waals surface area contributed by atoms with E-state index in [4.69, 9.17) is 11.6 Å². The Hall–Kier alpha value is -0.240. The molecule has 1 amide bonds. The molecular formula is C10H20ClNO. The van der Waals surface area contributed by atoms with E-state index in [9.17, 15) is 4.79 Å². The van der Waals surface area contributed by atoms with Crippen molar-refractivity contribution in [3.8, 4) is 0 Å². The fourth-order valence-electron chi connectivity index (χ4n) is 1.16. The van der Waals surface area contributed by atoms with Gasteiger partial charge >= 0.3 is 0 Å². The van der Waals surface area contributed by atoms with Crippen molar-refractivity contribution in [3.05, 3.63) is 0 Å². The van der Waals surface area contributed by atoms with Gasteiger partial charge < -0.3 is 5.32 Å². The molecule has 1 atom stereocenters. The third-order valence-corrected chi connectivity index (χ3v) is 2.76. The first-order chi connectivity index (χ1) is 6.15. The number of hydrogen-bond donors (Lipinski definition) is 1. The van der Waals surface area contributed by atoms with Crippen molar-refractivity contribution in [1.29, 1.82) is 0 Å². The third kappa shape index (κ3) is 5.14. The topological polar surface area (TPSA) is 29.1 Å². The lowest BCUT2D eigenvalue weighted by molar-refractivity contribution is -0.125. The zero-order valence-electron chi connectivity index (χ0n) is 8.77. The molecule has 1 N–H and O–H groups in total. The van der Waals surface area contributed by atoms with Crippen molar-refractivity contribution in [2.45, 2.75) is 45.4 Å². The van der Waals surface area contributed by atoms with Gasteiger partial charge in [0.1, 0.15) is 0 Å². The lowest BCUT2D eigenvalue weighted by Crippen LogP contribution is -2.34. The summed E-state index contributed by atoms with van der Waals surface area (Å²) in [7, 11) is 0. The van der Waals surface area contributed by atoms with Gasteiger partial charge in [0.25, 0.3) is 0 Å². The van der Waals surface area contributed by atoms with Gasteiger partial charge in [0.15, 0.2) is 0 Å². The van der Waals surface area contributed by atoms with Crippen LogP contribution in [0.4, 0.5) is 0 Å². The van der Waals surface area contributed by atoms with E-state index < -0.39 is 0 Å². The normalized spacial score (nSPS) is 13.0. The van der Waals surface area contributed by atoms with Crippen LogP contribution in [-0.2, 0) is 4.79 Å². The van der Waals surface area contributed by atoms with E-state index in [0.29, 0.717) is 6.54 Å². The number of halogens is 1. The molecule has 0 aliphatic heterocycles. The number of nitrogens with one attached hydrogen (secondary N) is 1. The van der Waals surface area contributed by atoms with Gasteiger partial charge in [0, 0.05) is 12.5 Å². The summed E-state index contributed by atoms with van der Waals surface area (Å²) in [6, 6.07) is 0. The Balaban J connectivity index is 3.72. The summed E-state index contributed by atoms with van der Waals surface area (Å²) >= 11 is 5.89. The summed E-state index contributed by atoms with van der Waals surface area (Å²) in [5.74, 6) is 0.296. The smallest absolute Gasteiger partial charge is 0.223 e. The Kier molecular flexibility index (Phi) is 7.06. The van der Waals surface area contributed by atoms with Crippen LogP contribution in [0.5, 0.6) is 0 Å². The predicted molar refractivity (Wildman–Crippen MR) is 57.0 cm³/mol. The van der Waals surface area contributed by atoms with Gasteiger partial charge in [-0.25, -0.2) is 0 Å². The summed E-state index contributed by atoms with van der Waals surface area (Å²) < 4.78 is 0. The van der Waals surface area contributed by atoms with Crippen LogP contribution in [0.2, 0.25) is 0 Å². The Morgan fingerprint density at radius 2 is 1.77 bits per heavy atom. The van der Waals surface area contributed by atoms with Gasteiger partial charge in [-0.2, -0.15) is 0 Å². The van der Waals surface area contributed by atoms with E-state index >= 15 is 0 Å². The minimum absolute atomic E-state index is 0.0679. The molecule has 0 aromatic carbocycles. The van der Waals surface area contributed by atoms with E-state index in [1.54, 1.807) is 0 Å². The zero-order chi connectivity index (χ0) is 10.3. The molecule has 3 heteroatoms. The second kappa shape index (κ2) is 7.19. The third-order valence-electron chi connectivity index (χ3n) is 2.30. The van der Waals surface area contributed by atoms with Crippen molar-refractivity contribution in [2.24, 2.45) is 5.92 Å². The maximum atomic E-state index is 11.5. The molecule has 0 aromatic heterocycles. The van der Waals surface area contributed by atoms with Crippen molar-refractivity contribution in [1.82, 2.24) is 5.32 Å². The van der Waals surface area contributed by atoms with Crippen LogP contribution in [0.25, 0.3) is 0 Å². The molecule has 0 radical (unpaired) electrons. The number of carbonyl (C=O) groups is 1. The molecule has 0 heterocycles. The standard InChI is InChI=1S/C10H20ClNO/c1-4-8(5-2)10(13)12-7-9(11)6-3/h8-9H,4-7H2,1-3H3,(H,12,13). The zero-order valence-corrected chi connectivity index (χ0v) is 9.53. The quantitative estimate of drug-likeness (QED) is 0.664. The number of carbonyl (C=O) groups excluding carboxylic acids is 1. The maximum Gasteiger partial charge on any atom is 0.223 e. The number of rotatable bonds is 6. The van der Waals surface area contributed by atoms with Gasteiger partial charge in [0.05, 0.1) is 5.38 Å². The minimum Gasteiger partial charge on any atom is -0.354 e. The van der Waals surface area contributed by atoms with Crippen LogP contribution in [0.3, 0.4) is 0 Å². The SMILES string of the molecule is CCC(Cl)CNC(=O)C(CC)CC. The van der Waals surface area contributed by atoms with Crippen molar-refractivity contribution >= 4 is 17.5 Å². The molecule has 0 saturated heterocycles. The fourth-order valence-corrected chi connectivity index (χ4v) is 1.24. The van der Waals surface area contributed by atoms with Gasteiger partial charge in [-0.3, -0.25) is 4.79 Å². The highest BCUT2D eigenvalue weighted by molar-refractivity contribution is 6.20. The predicted octanol–water partition coefficient (Wildman–Crippen LogP) is 2.56. The van der Waals surface area contributed by atoms with Gasteiger partial charge in [-0.15, -0.1) is 11.6 Å². The van der Waals surface area contributed by atoms with Crippen molar-refractivity contribution in [2.75, 3.05) is 6.54 Å². The van der Waals surface area contributed by atoms with Crippen LogP contribution in [0.15, 0.2) is 0 Å². The average molecular weight is 206 g/mol. The Morgan fingerprint density at radius 1 is 1.23 bits per heavy atom. The monoisotopic (exact) mass is 205 g/mol. The van der Waals surface area contributed by atoms with Gasteiger partial charge in [-0.1, -0.05) is 20.8 Å². The molecule has 0 rings (SSSR count). The Labute approximate surface area is 86.0 Å². The molecule has 0 saturated carbocycles. The molecule has 78 valence electrons. The molecule has 0 bridgehead atoms. The average Bonchev–Trinajstić information content (AvgIpc) is 2.16. The van der Waals surface area contributed by atoms with Crippen LogP contribution >= 0.6 is 11.6 Å². The second-order valence-electron chi connectivity index (χ2n) is 3.26. The highest BCUT2D eigenvalue weighted by Gasteiger charge is 2.14. The van der Waals surface area contributed by atoms with E-state index in [0.717, 1.165) is 19.3 Å². The van der Waals surface area contributed by atoms with E-state index in [-0.39, 0.29) is 17.2 Å². The highest BCUT2D eigenvalue weighted by atomic mass is 35.5. The van der Waals surface area contributed by atoms with Crippen molar-refractivity contribution in [3.63, 3.8) is 0 Å². The first-order valence-corrected chi connectivity index (χ1v) is 5.51. The summed E-state index contributed by atoms with van der Waals surface area (Å²) in [6.07, 6.45) is 2.70. The highest BCUT2D eigenvalue weighted by Crippen LogP contribution is 2.07. The van der Waals surface area contributed by atoms with Crippen molar-refractivity contribution < 1.29 is 4.79 Å². The summed E-state index contributed by atoms with van der Waals surface area (Å²) in [5.41, 5.74) is 0. The molecular weight excluding hydrogens is 186 g/mol. The maximum absolute atomic E-state index is 11.5. The lowest BCUT2D eigenvalue weighted by Gasteiger charge is -2.14. The Bertz CT molecular complexity index is 146. The molecule has 0 aliphatic carbocycles. The van der Waals surface area contributed by atoms with Crippen LogP contribution in [0.1, 0.15) is 40.0 Å². The molecule has 1 unspecified atom stereocenters. The van der Waals surface area contributed by atoms with Gasteiger partial charge in [-0.05, 0) is 19.3 Å². The first-order valence-electron chi connectivity index (χ1n) is 5.07. The summed E-state index contributed by atoms with van der Waals surface area (Å²) in [4.78, 5) is 11.5. The van der Waals surface area contributed by atoms with E-state index in [1.807, 2.05) is 20.8 Å². The van der Waals surface area contributed by atoms with Crippen LogP contribution in [-0.4, -0.2) is 17.8 Å². The van der Waals surface area contributed by atoms with E-state index in [1.165, 1.54) is 0 Å². The summed E-state index contributed by atoms with van der Waals surface area (Å²) in [5, 5.41) is 2.93. The number of alkyl halides is 1. The molecule has 0 aromatic rings. The van der Waals surface area contributed by atoms with Gasteiger partial charge in [0.2, 0.25) is 5.91 Å². The minimum atomic E-state index is 0.0679. The molecule has 13 heavy (non-hydrogen) atoms.